The first-order chi connectivity index (χ1) is 8.13. The third-order valence-corrected chi connectivity index (χ3v) is 2.85. The number of phenolic OH excluding ortho intramolecular Hbond substituents is 1. The van der Waals surface area contributed by atoms with E-state index in [0.29, 0.717) is 6.54 Å². The van der Waals surface area contributed by atoms with Crippen LogP contribution in [-0.4, -0.2) is 17.6 Å². The van der Waals surface area contributed by atoms with Gasteiger partial charge in [0.05, 0.1) is 0 Å². The lowest BCUT2D eigenvalue weighted by atomic mass is 10.1. The number of aromatic hydroxyl groups is 1. The molecule has 0 atom stereocenters. The van der Waals surface area contributed by atoms with Crippen LogP contribution >= 0.6 is 0 Å². The molecule has 1 N–H and O–H groups in total. The number of phenols is 1. The van der Waals surface area contributed by atoms with E-state index in [2.05, 4.69) is 0 Å². The van der Waals surface area contributed by atoms with E-state index >= 15 is 0 Å². The molecular weight excluding hydrogens is 214 g/mol. The van der Waals surface area contributed by atoms with Gasteiger partial charge in [0.25, 0.3) is 0 Å². The van der Waals surface area contributed by atoms with E-state index in [0.717, 1.165) is 16.5 Å². The second kappa shape index (κ2) is 4.45. The van der Waals surface area contributed by atoms with Gasteiger partial charge in [0.2, 0.25) is 5.91 Å². The Hall–Kier alpha value is -2.03. The fourth-order valence-electron chi connectivity index (χ4n) is 2.01. The number of benzene rings is 2. The summed E-state index contributed by atoms with van der Waals surface area (Å²) in [5, 5.41) is 11.4. The highest BCUT2D eigenvalue weighted by atomic mass is 16.3. The molecule has 2 aromatic rings. The summed E-state index contributed by atoms with van der Waals surface area (Å²) >= 11 is 0. The molecule has 3 nitrogen and oxygen atoms in total. The van der Waals surface area contributed by atoms with Crippen LogP contribution in [0.2, 0.25) is 0 Å². The summed E-state index contributed by atoms with van der Waals surface area (Å²) in [6.07, 6.45) is 0. The first-order valence-electron chi connectivity index (χ1n) is 5.63. The predicted molar refractivity (Wildman–Crippen MR) is 69.3 cm³/mol. The van der Waals surface area contributed by atoms with Crippen LogP contribution in [0.3, 0.4) is 0 Å². The maximum absolute atomic E-state index is 11.5. The number of carbonyl (C=O) groups is 1. The van der Waals surface area contributed by atoms with E-state index in [9.17, 15) is 9.90 Å². The summed E-state index contributed by atoms with van der Waals surface area (Å²) in [7, 11) is 0. The zero-order chi connectivity index (χ0) is 12.4. The summed E-state index contributed by atoms with van der Waals surface area (Å²) in [4.78, 5) is 13.2. The van der Waals surface area contributed by atoms with Crippen molar-refractivity contribution in [2.24, 2.45) is 0 Å². The largest absolute Gasteiger partial charge is 0.507 e. The first kappa shape index (κ1) is 11.5. The zero-order valence-electron chi connectivity index (χ0n) is 9.97. The third-order valence-electron chi connectivity index (χ3n) is 2.85. The van der Waals surface area contributed by atoms with Crippen molar-refractivity contribution in [3.8, 4) is 5.75 Å². The molecule has 0 aliphatic carbocycles. The van der Waals surface area contributed by atoms with Gasteiger partial charge < -0.3 is 10.0 Å². The van der Waals surface area contributed by atoms with Crippen molar-refractivity contribution in [1.82, 2.24) is 0 Å². The van der Waals surface area contributed by atoms with E-state index in [1.807, 2.05) is 31.2 Å². The van der Waals surface area contributed by atoms with Crippen molar-refractivity contribution in [3.05, 3.63) is 36.4 Å². The average molecular weight is 229 g/mol. The number of hydrogen-bond donors (Lipinski definition) is 1. The smallest absolute Gasteiger partial charge is 0.223 e. The molecule has 2 aromatic carbocycles. The highest BCUT2D eigenvalue weighted by molar-refractivity contribution is 5.96. The van der Waals surface area contributed by atoms with Crippen LogP contribution in [0.1, 0.15) is 13.8 Å². The van der Waals surface area contributed by atoms with Gasteiger partial charge in [-0.15, -0.1) is 0 Å². The topological polar surface area (TPSA) is 40.5 Å². The molecule has 0 spiro atoms. The molecule has 0 aromatic heterocycles. The summed E-state index contributed by atoms with van der Waals surface area (Å²) in [6.45, 7) is 4.13. The maximum Gasteiger partial charge on any atom is 0.223 e. The van der Waals surface area contributed by atoms with Gasteiger partial charge in [0, 0.05) is 24.5 Å². The molecular formula is C14H15NO2. The van der Waals surface area contributed by atoms with Crippen molar-refractivity contribution in [2.75, 3.05) is 11.4 Å². The molecule has 3 heteroatoms. The molecule has 0 fully saturated rings. The number of amides is 1. The van der Waals surface area contributed by atoms with Gasteiger partial charge in [-0.3, -0.25) is 4.79 Å². The van der Waals surface area contributed by atoms with Gasteiger partial charge >= 0.3 is 0 Å². The molecule has 0 unspecified atom stereocenters. The van der Waals surface area contributed by atoms with Crippen LogP contribution in [-0.2, 0) is 4.79 Å². The molecule has 0 aliphatic rings. The SMILES string of the molecule is CCN(C(C)=O)c1ccc2c(O)cccc2c1. The first-order valence-corrected chi connectivity index (χ1v) is 5.63. The molecule has 0 aliphatic heterocycles. The third kappa shape index (κ3) is 2.09. The minimum atomic E-state index is 0.0204. The Labute approximate surface area is 100 Å². The van der Waals surface area contributed by atoms with E-state index in [1.165, 1.54) is 0 Å². The molecule has 1 amide bonds. The van der Waals surface area contributed by atoms with Gasteiger partial charge in [-0.05, 0) is 36.6 Å². The van der Waals surface area contributed by atoms with Crippen molar-refractivity contribution >= 4 is 22.4 Å². The second-order valence-corrected chi connectivity index (χ2v) is 3.95. The zero-order valence-corrected chi connectivity index (χ0v) is 9.97. The molecule has 0 bridgehead atoms. The molecule has 0 radical (unpaired) electrons. The molecule has 17 heavy (non-hydrogen) atoms. The number of fused-ring (bicyclic) bond motifs is 1. The lowest BCUT2D eigenvalue weighted by Crippen LogP contribution is -2.27. The molecule has 0 saturated carbocycles. The van der Waals surface area contributed by atoms with Gasteiger partial charge in [0.15, 0.2) is 0 Å². The summed E-state index contributed by atoms with van der Waals surface area (Å²) < 4.78 is 0. The van der Waals surface area contributed by atoms with E-state index in [1.54, 1.807) is 24.0 Å². The van der Waals surface area contributed by atoms with Crippen molar-refractivity contribution in [3.63, 3.8) is 0 Å². The minimum absolute atomic E-state index is 0.0204. The number of carbonyl (C=O) groups excluding carboxylic acids is 1. The fourth-order valence-corrected chi connectivity index (χ4v) is 2.01. The van der Waals surface area contributed by atoms with Gasteiger partial charge in [-0.2, -0.15) is 0 Å². The lowest BCUT2D eigenvalue weighted by molar-refractivity contribution is -0.116. The van der Waals surface area contributed by atoms with Crippen LogP contribution in [0.5, 0.6) is 5.75 Å². The highest BCUT2D eigenvalue weighted by Crippen LogP contribution is 2.28. The number of anilines is 1. The fraction of sp³-hybridized carbons (Fsp3) is 0.214. The molecule has 88 valence electrons. The minimum Gasteiger partial charge on any atom is -0.507 e. The molecule has 0 saturated heterocycles. The van der Waals surface area contributed by atoms with Crippen LogP contribution in [0.4, 0.5) is 5.69 Å². The normalized spacial score (nSPS) is 10.5. The molecule has 0 heterocycles. The van der Waals surface area contributed by atoms with Crippen molar-refractivity contribution < 1.29 is 9.90 Å². The van der Waals surface area contributed by atoms with Crippen LogP contribution in [0, 0.1) is 0 Å². The lowest BCUT2D eigenvalue weighted by Gasteiger charge is -2.19. The Balaban J connectivity index is 2.55. The van der Waals surface area contributed by atoms with Crippen LogP contribution in [0.25, 0.3) is 10.8 Å². The van der Waals surface area contributed by atoms with Gasteiger partial charge in [-0.25, -0.2) is 0 Å². The van der Waals surface area contributed by atoms with E-state index in [-0.39, 0.29) is 11.7 Å². The average Bonchev–Trinajstić information content (AvgIpc) is 2.29. The van der Waals surface area contributed by atoms with Crippen molar-refractivity contribution in [2.45, 2.75) is 13.8 Å². The monoisotopic (exact) mass is 229 g/mol. The highest BCUT2D eigenvalue weighted by Gasteiger charge is 2.09. The predicted octanol–water partition coefficient (Wildman–Crippen LogP) is 2.92. The Morgan fingerprint density at radius 3 is 2.71 bits per heavy atom. The Kier molecular flexibility index (Phi) is 3.00. The van der Waals surface area contributed by atoms with Gasteiger partial charge in [-0.1, -0.05) is 12.1 Å². The van der Waals surface area contributed by atoms with E-state index in [4.69, 9.17) is 0 Å². The Morgan fingerprint density at radius 1 is 1.29 bits per heavy atom. The summed E-state index contributed by atoms with van der Waals surface area (Å²) in [5.74, 6) is 0.284. The summed E-state index contributed by atoms with van der Waals surface area (Å²) in [5.41, 5.74) is 0.859. The number of nitrogens with zero attached hydrogens (tertiary/aromatic N) is 1. The number of rotatable bonds is 2. The second-order valence-electron chi connectivity index (χ2n) is 3.95. The summed E-state index contributed by atoms with van der Waals surface area (Å²) in [6, 6.07) is 11.0. The van der Waals surface area contributed by atoms with Crippen LogP contribution in [0.15, 0.2) is 36.4 Å². The molecule has 2 rings (SSSR count). The van der Waals surface area contributed by atoms with Crippen molar-refractivity contribution in [1.29, 1.82) is 0 Å². The quantitative estimate of drug-likeness (QED) is 0.860. The Bertz CT molecular complexity index is 563. The maximum atomic E-state index is 11.5. The van der Waals surface area contributed by atoms with E-state index < -0.39 is 0 Å². The Morgan fingerprint density at radius 2 is 2.06 bits per heavy atom. The van der Waals surface area contributed by atoms with Gasteiger partial charge in [0.1, 0.15) is 5.75 Å². The standard InChI is InChI=1S/C14H15NO2/c1-3-15(10(2)16)12-7-8-13-11(9-12)5-4-6-14(13)17/h4-9,17H,3H2,1-2H3. The number of hydrogen-bond acceptors (Lipinski definition) is 2. The van der Waals surface area contributed by atoms with Crippen LogP contribution < -0.4 is 4.90 Å².